The Labute approximate surface area is 191 Å². The molecule has 1 atom stereocenters. The average Bonchev–Trinajstić information content (AvgIpc) is 3.24. The van der Waals surface area contributed by atoms with E-state index in [1.807, 2.05) is 48.7 Å². The molecule has 4 rings (SSSR count). The molecule has 2 aliphatic heterocycles. The van der Waals surface area contributed by atoms with Gasteiger partial charge in [-0.3, -0.25) is 14.4 Å². The van der Waals surface area contributed by atoms with Crippen molar-refractivity contribution in [3.63, 3.8) is 0 Å². The van der Waals surface area contributed by atoms with Crippen molar-refractivity contribution in [3.05, 3.63) is 48.7 Å². The third kappa shape index (κ3) is 5.04. The third-order valence-corrected chi connectivity index (χ3v) is 6.53. The Morgan fingerprint density at radius 2 is 1.84 bits per heavy atom. The number of thioether (sulfide) groups is 1. The van der Waals surface area contributed by atoms with Crippen LogP contribution in [-0.4, -0.2) is 73.3 Å². The Balaban J connectivity index is 1.24. The number of esters is 1. The van der Waals surface area contributed by atoms with E-state index in [0.717, 1.165) is 16.4 Å². The van der Waals surface area contributed by atoms with Gasteiger partial charge >= 0.3 is 5.97 Å². The second-order valence-corrected chi connectivity index (χ2v) is 8.65. The second-order valence-electron chi connectivity index (χ2n) is 7.77. The topological polar surface area (TPSA) is 83.1 Å². The highest BCUT2D eigenvalue weighted by atomic mass is 32.2. The van der Waals surface area contributed by atoms with E-state index in [1.165, 1.54) is 0 Å². The van der Waals surface area contributed by atoms with E-state index in [4.69, 9.17) is 4.74 Å². The smallest absolute Gasteiger partial charge is 0.311 e. The van der Waals surface area contributed by atoms with Crippen LogP contribution in [0.25, 0.3) is 0 Å². The number of piperazine rings is 1. The number of amides is 2. The summed E-state index contributed by atoms with van der Waals surface area (Å²) in [6.45, 7) is 2.43. The number of carbonyl (C=O) groups excluding carboxylic acids is 3. The van der Waals surface area contributed by atoms with Gasteiger partial charge in [0.1, 0.15) is 5.82 Å². The van der Waals surface area contributed by atoms with E-state index >= 15 is 0 Å². The van der Waals surface area contributed by atoms with Crippen molar-refractivity contribution >= 4 is 41.1 Å². The number of benzene rings is 1. The van der Waals surface area contributed by atoms with Crippen LogP contribution in [0.1, 0.15) is 6.42 Å². The summed E-state index contributed by atoms with van der Waals surface area (Å²) >= 11 is 1.63. The summed E-state index contributed by atoms with van der Waals surface area (Å²) in [5, 5.41) is 0. The SMILES string of the molecule is CSc1ccc(N2CC(C(=O)OCC(=O)N3CCN(c4ccccn4)CC3)CC2=O)cc1. The molecule has 2 aliphatic rings. The number of ether oxygens (including phenoxy) is 1. The van der Waals surface area contributed by atoms with Gasteiger partial charge in [0.15, 0.2) is 6.61 Å². The van der Waals surface area contributed by atoms with Crippen LogP contribution in [0.15, 0.2) is 53.6 Å². The van der Waals surface area contributed by atoms with Crippen LogP contribution in [0.2, 0.25) is 0 Å². The van der Waals surface area contributed by atoms with Crippen LogP contribution in [0.4, 0.5) is 11.5 Å². The van der Waals surface area contributed by atoms with Gasteiger partial charge in [0.2, 0.25) is 5.91 Å². The van der Waals surface area contributed by atoms with Crippen molar-refractivity contribution in [2.24, 2.45) is 5.92 Å². The normalized spacial score (nSPS) is 18.7. The molecule has 1 unspecified atom stereocenters. The molecule has 0 radical (unpaired) electrons. The monoisotopic (exact) mass is 454 g/mol. The minimum Gasteiger partial charge on any atom is -0.455 e. The van der Waals surface area contributed by atoms with Gasteiger partial charge in [0, 0.05) is 55.9 Å². The number of aromatic nitrogens is 1. The summed E-state index contributed by atoms with van der Waals surface area (Å²) in [5.41, 5.74) is 0.768. The van der Waals surface area contributed by atoms with Crippen molar-refractivity contribution in [2.45, 2.75) is 11.3 Å². The summed E-state index contributed by atoms with van der Waals surface area (Å²) in [5.74, 6) is -0.489. The third-order valence-electron chi connectivity index (χ3n) is 5.79. The van der Waals surface area contributed by atoms with Crippen molar-refractivity contribution in [1.29, 1.82) is 0 Å². The highest BCUT2D eigenvalue weighted by molar-refractivity contribution is 7.98. The average molecular weight is 455 g/mol. The largest absolute Gasteiger partial charge is 0.455 e. The molecule has 0 saturated carbocycles. The van der Waals surface area contributed by atoms with Crippen molar-refractivity contribution in [2.75, 3.05) is 55.4 Å². The number of anilines is 2. The molecule has 0 N–H and O–H groups in total. The Kier molecular flexibility index (Phi) is 6.94. The predicted molar refractivity (Wildman–Crippen MR) is 123 cm³/mol. The Morgan fingerprint density at radius 3 is 2.50 bits per heavy atom. The molecule has 0 aliphatic carbocycles. The lowest BCUT2D eigenvalue weighted by atomic mass is 10.1. The molecule has 2 amide bonds. The first-order valence-electron chi connectivity index (χ1n) is 10.6. The lowest BCUT2D eigenvalue weighted by Crippen LogP contribution is -2.50. The van der Waals surface area contributed by atoms with E-state index < -0.39 is 11.9 Å². The maximum absolute atomic E-state index is 12.5. The van der Waals surface area contributed by atoms with E-state index in [9.17, 15) is 14.4 Å². The zero-order valence-electron chi connectivity index (χ0n) is 18.0. The van der Waals surface area contributed by atoms with Crippen LogP contribution in [0.3, 0.4) is 0 Å². The molecule has 32 heavy (non-hydrogen) atoms. The van der Waals surface area contributed by atoms with Crippen LogP contribution < -0.4 is 9.80 Å². The second kappa shape index (κ2) is 10.0. The maximum atomic E-state index is 12.5. The van der Waals surface area contributed by atoms with Crippen LogP contribution in [0, 0.1) is 5.92 Å². The lowest BCUT2D eigenvalue weighted by Gasteiger charge is -2.35. The first-order chi connectivity index (χ1) is 15.5. The van der Waals surface area contributed by atoms with E-state index in [0.29, 0.717) is 26.2 Å². The Bertz CT molecular complexity index is 962. The number of pyridine rings is 1. The number of nitrogens with zero attached hydrogens (tertiary/aromatic N) is 4. The molecular formula is C23H26N4O4S. The molecular weight excluding hydrogens is 428 g/mol. The summed E-state index contributed by atoms with van der Waals surface area (Å²) in [6.07, 6.45) is 3.84. The molecule has 2 saturated heterocycles. The quantitative estimate of drug-likeness (QED) is 0.488. The van der Waals surface area contributed by atoms with Crippen LogP contribution in [-0.2, 0) is 19.1 Å². The minimum absolute atomic E-state index is 0.0973. The van der Waals surface area contributed by atoms with Crippen molar-refractivity contribution in [3.8, 4) is 0 Å². The lowest BCUT2D eigenvalue weighted by molar-refractivity contribution is -0.155. The molecule has 1 aromatic carbocycles. The van der Waals surface area contributed by atoms with Gasteiger partial charge in [-0.05, 0) is 42.7 Å². The van der Waals surface area contributed by atoms with Gasteiger partial charge in [0.05, 0.1) is 5.92 Å². The van der Waals surface area contributed by atoms with Gasteiger partial charge in [-0.2, -0.15) is 0 Å². The van der Waals surface area contributed by atoms with Gasteiger partial charge in [-0.25, -0.2) is 4.98 Å². The van der Waals surface area contributed by atoms with Gasteiger partial charge < -0.3 is 19.4 Å². The van der Waals surface area contributed by atoms with Crippen molar-refractivity contribution in [1.82, 2.24) is 9.88 Å². The molecule has 8 nitrogen and oxygen atoms in total. The first kappa shape index (κ1) is 22.1. The number of hydrogen-bond acceptors (Lipinski definition) is 7. The van der Waals surface area contributed by atoms with Gasteiger partial charge in [0.25, 0.3) is 5.91 Å². The number of carbonyl (C=O) groups is 3. The number of rotatable bonds is 6. The fourth-order valence-corrected chi connectivity index (χ4v) is 4.35. The maximum Gasteiger partial charge on any atom is 0.311 e. The summed E-state index contributed by atoms with van der Waals surface area (Å²) < 4.78 is 5.28. The van der Waals surface area contributed by atoms with Crippen LogP contribution >= 0.6 is 11.8 Å². The summed E-state index contributed by atoms with van der Waals surface area (Å²) in [7, 11) is 0. The molecule has 0 spiro atoms. The molecule has 1 aromatic heterocycles. The van der Waals surface area contributed by atoms with Gasteiger partial charge in [-0.15, -0.1) is 11.8 Å². The highest BCUT2D eigenvalue weighted by Gasteiger charge is 2.36. The zero-order chi connectivity index (χ0) is 22.5. The van der Waals surface area contributed by atoms with Crippen LogP contribution in [0.5, 0.6) is 0 Å². The fraction of sp³-hybridized carbons (Fsp3) is 0.391. The fourth-order valence-electron chi connectivity index (χ4n) is 3.94. The molecule has 168 valence electrons. The Hall–Kier alpha value is -3.07. The zero-order valence-corrected chi connectivity index (χ0v) is 18.8. The molecule has 2 fully saturated rings. The molecule has 3 heterocycles. The predicted octanol–water partition coefficient (Wildman–Crippen LogP) is 2.05. The highest BCUT2D eigenvalue weighted by Crippen LogP contribution is 2.27. The molecule has 0 bridgehead atoms. The summed E-state index contributed by atoms with van der Waals surface area (Å²) in [6, 6.07) is 13.4. The molecule has 2 aromatic rings. The number of hydrogen-bond donors (Lipinski definition) is 0. The standard InChI is InChI=1S/C23H26N4O4S/c1-32-19-7-5-18(6-8-19)27-15-17(14-21(27)28)23(30)31-16-22(29)26-12-10-25(11-13-26)20-4-2-3-9-24-20/h2-9,17H,10-16H2,1H3. The van der Waals surface area contributed by atoms with E-state index in [1.54, 1.807) is 27.8 Å². The van der Waals surface area contributed by atoms with Crippen molar-refractivity contribution < 1.29 is 19.1 Å². The first-order valence-corrected chi connectivity index (χ1v) is 11.8. The minimum atomic E-state index is -0.559. The van der Waals surface area contributed by atoms with E-state index in [2.05, 4.69) is 9.88 Å². The van der Waals surface area contributed by atoms with E-state index in [-0.39, 0.29) is 31.4 Å². The van der Waals surface area contributed by atoms with Gasteiger partial charge in [-0.1, -0.05) is 6.07 Å². The summed E-state index contributed by atoms with van der Waals surface area (Å²) in [4.78, 5) is 48.3. The molecule has 9 heteroatoms. The Morgan fingerprint density at radius 1 is 1.09 bits per heavy atom.